The molecular weight excluding hydrogens is 284 g/mol. The zero-order chi connectivity index (χ0) is 16.1. The number of rotatable bonds is 7. The Morgan fingerprint density at radius 1 is 1.26 bits per heavy atom. The average molecular weight is 312 g/mol. The summed E-state index contributed by atoms with van der Waals surface area (Å²) >= 11 is 0. The second-order valence-electron chi connectivity index (χ2n) is 6.72. The first-order valence-electron chi connectivity index (χ1n) is 8.68. The summed E-state index contributed by atoms with van der Waals surface area (Å²) in [6, 6.07) is 10.8. The Morgan fingerprint density at radius 3 is 2.83 bits per heavy atom. The molecule has 0 radical (unpaired) electrons. The van der Waals surface area contributed by atoms with E-state index in [9.17, 15) is 0 Å². The van der Waals surface area contributed by atoms with Crippen molar-refractivity contribution in [2.24, 2.45) is 5.92 Å². The summed E-state index contributed by atoms with van der Waals surface area (Å²) in [4.78, 5) is 9.29. The van der Waals surface area contributed by atoms with Crippen LogP contribution in [0.1, 0.15) is 18.7 Å². The van der Waals surface area contributed by atoms with Crippen molar-refractivity contribution in [3.05, 3.63) is 48.5 Å². The van der Waals surface area contributed by atoms with Gasteiger partial charge in [-0.15, -0.1) is 0 Å². The van der Waals surface area contributed by atoms with E-state index in [4.69, 9.17) is 0 Å². The number of benzene rings is 1. The van der Waals surface area contributed by atoms with Crippen LogP contribution in [0.3, 0.4) is 0 Å². The first kappa shape index (κ1) is 16.1. The van der Waals surface area contributed by atoms with Crippen LogP contribution in [0.25, 0.3) is 0 Å². The highest BCUT2D eigenvalue weighted by atomic mass is 15.2. The quantitative estimate of drug-likeness (QED) is 0.785. The van der Waals surface area contributed by atoms with Crippen LogP contribution in [-0.2, 0) is 6.54 Å². The number of anilines is 1. The number of hydrogen-bond donors (Lipinski definition) is 0. The van der Waals surface area contributed by atoms with Gasteiger partial charge in [0.05, 0.1) is 0 Å². The van der Waals surface area contributed by atoms with Crippen molar-refractivity contribution in [3.63, 3.8) is 0 Å². The molecule has 1 fully saturated rings. The molecule has 1 aromatic heterocycles. The van der Waals surface area contributed by atoms with Crippen molar-refractivity contribution in [1.82, 2.24) is 14.5 Å². The van der Waals surface area contributed by atoms with E-state index in [1.165, 1.54) is 38.2 Å². The molecule has 3 rings (SSSR count). The van der Waals surface area contributed by atoms with Crippen molar-refractivity contribution in [1.29, 1.82) is 0 Å². The third-order valence-corrected chi connectivity index (χ3v) is 4.84. The number of hydrogen-bond acceptors (Lipinski definition) is 3. The predicted octanol–water partition coefficient (Wildman–Crippen LogP) is 3.04. The van der Waals surface area contributed by atoms with Crippen molar-refractivity contribution >= 4 is 5.69 Å². The average Bonchev–Trinajstić information content (AvgIpc) is 3.18. The molecule has 0 amide bonds. The molecule has 1 aromatic carbocycles. The summed E-state index contributed by atoms with van der Waals surface area (Å²) in [5, 5.41) is 0. The van der Waals surface area contributed by atoms with Gasteiger partial charge in [-0.2, -0.15) is 0 Å². The molecule has 0 saturated carbocycles. The van der Waals surface area contributed by atoms with Gasteiger partial charge in [-0.25, -0.2) is 4.98 Å². The lowest BCUT2D eigenvalue weighted by atomic mass is 10.1. The molecule has 1 aliphatic heterocycles. The second kappa shape index (κ2) is 7.64. The zero-order valence-corrected chi connectivity index (χ0v) is 14.4. The van der Waals surface area contributed by atoms with Crippen LogP contribution in [0.15, 0.2) is 42.7 Å². The molecule has 4 nitrogen and oxygen atoms in total. The SMILES string of the molecule is Cc1nccn1CCCN(C)CC1CCN(c2ccccc2)C1. The fourth-order valence-electron chi connectivity index (χ4n) is 3.54. The van der Waals surface area contributed by atoms with Gasteiger partial charge in [0.25, 0.3) is 0 Å². The summed E-state index contributed by atoms with van der Waals surface area (Å²) in [6.07, 6.45) is 6.45. The van der Waals surface area contributed by atoms with Crippen LogP contribution in [0, 0.1) is 12.8 Å². The highest BCUT2D eigenvalue weighted by Crippen LogP contribution is 2.23. The zero-order valence-electron chi connectivity index (χ0n) is 14.4. The van der Waals surface area contributed by atoms with Gasteiger partial charge in [0.2, 0.25) is 0 Å². The van der Waals surface area contributed by atoms with Crippen LogP contribution >= 0.6 is 0 Å². The first-order valence-corrected chi connectivity index (χ1v) is 8.68. The maximum absolute atomic E-state index is 4.28. The molecule has 0 spiro atoms. The molecule has 2 heterocycles. The number of para-hydroxylation sites is 1. The molecular formula is C19H28N4. The van der Waals surface area contributed by atoms with Gasteiger partial charge in [0.1, 0.15) is 5.82 Å². The van der Waals surface area contributed by atoms with E-state index in [-0.39, 0.29) is 0 Å². The monoisotopic (exact) mass is 312 g/mol. The number of aromatic nitrogens is 2. The summed E-state index contributed by atoms with van der Waals surface area (Å²) in [5.74, 6) is 1.90. The largest absolute Gasteiger partial charge is 0.371 e. The minimum Gasteiger partial charge on any atom is -0.371 e. The molecule has 124 valence electrons. The summed E-state index contributed by atoms with van der Waals surface area (Å²) in [6.45, 7) is 7.87. The summed E-state index contributed by atoms with van der Waals surface area (Å²) < 4.78 is 2.24. The Kier molecular flexibility index (Phi) is 5.34. The topological polar surface area (TPSA) is 24.3 Å². The highest BCUT2D eigenvalue weighted by Gasteiger charge is 2.23. The Bertz CT molecular complexity index is 592. The Morgan fingerprint density at radius 2 is 2.09 bits per heavy atom. The number of nitrogens with zero attached hydrogens (tertiary/aromatic N) is 4. The predicted molar refractivity (Wildman–Crippen MR) is 95.8 cm³/mol. The van der Waals surface area contributed by atoms with Crippen molar-refractivity contribution < 1.29 is 0 Å². The molecule has 0 aliphatic carbocycles. The van der Waals surface area contributed by atoms with Crippen LogP contribution in [0.4, 0.5) is 5.69 Å². The molecule has 1 unspecified atom stereocenters. The molecule has 0 N–H and O–H groups in total. The third-order valence-electron chi connectivity index (χ3n) is 4.84. The third kappa shape index (κ3) is 4.35. The molecule has 2 aromatic rings. The van der Waals surface area contributed by atoms with Crippen LogP contribution < -0.4 is 4.90 Å². The Hall–Kier alpha value is -1.81. The lowest BCUT2D eigenvalue weighted by molar-refractivity contribution is 0.278. The van der Waals surface area contributed by atoms with Crippen LogP contribution in [0.2, 0.25) is 0 Å². The maximum atomic E-state index is 4.28. The number of aryl methyl sites for hydroxylation is 2. The van der Waals surface area contributed by atoms with Crippen LogP contribution in [0.5, 0.6) is 0 Å². The summed E-state index contributed by atoms with van der Waals surface area (Å²) in [7, 11) is 2.26. The van der Waals surface area contributed by atoms with Gasteiger partial charge in [-0.3, -0.25) is 0 Å². The van der Waals surface area contributed by atoms with Crippen molar-refractivity contribution in [3.8, 4) is 0 Å². The molecule has 1 atom stereocenters. The lowest BCUT2D eigenvalue weighted by Gasteiger charge is -2.22. The van der Waals surface area contributed by atoms with Crippen LogP contribution in [-0.4, -0.2) is 47.7 Å². The molecule has 1 saturated heterocycles. The molecule has 1 aliphatic rings. The van der Waals surface area contributed by atoms with Gasteiger partial charge >= 0.3 is 0 Å². The van der Waals surface area contributed by atoms with Crippen molar-refractivity contribution in [2.45, 2.75) is 26.3 Å². The maximum Gasteiger partial charge on any atom is 0.105 e. The fraction of sp³-hybridized carbons (Fsp3) is 0.526. The molecule has 4 heteroatoms. The van der Waals surface area contributed by atoms with E-state index < -0.39 is 0 Å². The van der Waals surface area contributed by atoms with Crippen molar-refractivity contribution in [2.75, 3.05) is 38.1 Å². The standard InChI is InChI=1S/C19H28N4/c1-17-20-10-14-22(17)12-6-11-21(2)15-18-9-13-23(16-18)19-7-4-3-5-8-19/h3-5,7-8,10,14,18H,6,9,11-13,15-16H2,1-2H3. The van der Waals surface area contributed by atoms with E-state index in [1.54, 1.807) is 0 Å². The Balaban J connectivity index is 1.39. The summed E-state index contributed by atoms with van der Waals surface area (Å²) in [5.41, 5.74) is 1.37. The Labute approximate surface area is 139 Å². The first-order chi connectivity index (χ1) is 11.2. The van der Waals surface area contributed by atoms with Gasteiger partial charge in [-0.05, 0) is 51.4 Å². The van der Waals surface area contributed by atoms with E-state index >= 15 is 0 Å². The van der Waals surface area contributed by atoms with E-state index in [2.05, 4.69) is 69.9 Å². The lowest BCUT2D eigenvalue weighted by Crippen LogP contribution is -2.29. The second-order valence-corrected chi connectivity index (χ2v) is 6.72. The molecule has 23 heavy (non-hydrogen) atoms. The highest BCUT2D eigenvalue weighted by molar-refractivity contribution is 5.46. The van der Waals surface area contributed by atoms with Gasteiger partial charge in [0, 0.05) is 44.3 Å². The minimum atomic E-state index is 0.787. The number of imidazole rings is 1. The smallest absolute Gasteiger partial charge is 0.105 e. The van der Waals surface area contributed by atoms with Gasteiger partial charge in [-0.1, -0.05) is 18.2 Å². The fourth-order valence-corrected chi connectivity index (χ4v) is 3.54. The van der Waals surface area contributed by atoms with E-state index in [0.29, 0.717) is 0 Å². The normalized spacial score (nSPS) is 18.0. The minimum absolute atomic E-state index is 0.787. The van der Waals surface area contributed by atoms with Gasteiger partial charge < -0.3 is 14.4 Å². The van der Waals surface area contributed by atoms with E-state index in [0.717, 1.165) is 24.8 Å². The van der Waals surface area contributed by atoms with E-state index in [1.807, 2.05) is 6.20 Å². The molecule has 0 bridgehead atoms. The van der Waals surface area contributed by atoms with Gasteiger partial charge in [0.15, 0.2) is 0 Å².